The predicted octanol–water partition coefficient (Wildman–Crippen LogP) is 3.14. The highest BCUT2D eigenvalue weighted by atomic mass is 32.2. The Kier molecular flexibility index (Phi) is 5.79. The van der Waals surface area contributed by atoms with E-state index in [1.165, 1.54) is 4.31 Å². The van der Waals surface area contributed by atoms with Crippen LogP contribution in [0, 0.1) is 19.8 Å². The first-order valence-electron chi connectivity index (χ1n) is 10.4. The number of rotatable bonds is 6. The molecule has 0 atom stereocenters. The molecule has 1 saturated heterocycles. The Morgan fingerprint density at radius 2 is 1.77 bits per heavy atom. The van der Waals surface area contributed by atoms with Crippen molar-refractivity contribution in [1.82, 2.24) is 14.8 Å². The van der Waals surface area contributed by atoms with Gasteiger partial charge in [-0.25, -0.2) is 8.42 Å². The van der Waals surface area contributed by atoms with Gasteiger partial charge >= 0.3 is 0 Å². The zero-order valence-corrected chi connectivity index (χ0v) is 18.1. The molecule has 1 aliphatic heterocycles. The maximum atomic E-state index is 13.3. The molecule has 7 nitrogen and oxygen atoms in total. The van der Waals surface area contributed by atoms with E-state index >= 15 is 0 Å². The van der Waals surface area contributed by atoms with Crippen molar-refractivity contribution >= 4 is 28.1 Å². The standard InChI is InChI=1S/C22H27N3O4S/c1-15-3-5-17(6-4-15)7-10-20-21(16(2)24-29-20)30(27,28)25-13-11-18(12-14-25)22(26)23-19-8-9-19/h3-7,10,18-19H,8-9,11-14H2,1-2H3,(H,23,26). The number of carbonyl (C=O) groups excluding carboxylic acids is 1. The Morgan fingerprint density at radius 3 is 2.40 bits per heavy atom. The summed E-state index contributed by atoms with van der Waals surface area (Å²) in [6.45, 7) is 4.28. The molecule has 0 unspecified atom stereocenters. The van der Waals surface area contributed by atoms with Crippen molar-refractivity contribution in [1.29, 1.82) is 0 Å². The fraction of sp³-hybridized carbons (Fsp3) is 0.455. The van der Waals surface area contributed by atoms with Gasteiger partial charge in [0.1, 0.15) is 5.69 Å². The number of hydrogen-bond acceptors (Lipinski definition) is 5. The van der Waals surface area contributed by atoms with Crippen molar-refractivity contribution in [2.24, 2.45) is 5.92 Å². The highest BCUT2D eigenvalue weighted by molar-refractivity contribution is 7.89. The van der Waals surface area contributed by atoms with Crippen molar-refractivity contribution in [3.05, 3.63) is 46.8 Å². The predicted molar refractivity (Wildman–Crippen MR) is 114 cm³/mol. The van der Waals surface area contributed by atoms with Gasteiger partial charge in [0.15, 0.2) is 10.7 Å². The minimum absolute atomic E-state index is 0.0532. The molecule has 30 heavy (non-hydrogen) atoms. The smallest absolute Gasteiger partial charge is 0.248 e. The summed E-state index contributed by atoms with van der Waals surface area (Å²) in [5.74, 6) is 0.153. The summed E-state index contributed by atoms with van der Waals surface area (Å²) in [6.07, 6.45) is 6.60. The van der Waals surface area contributed by atoms with Gasteiger partial charge in [0.2, 0.25) is 15.9 Å². The first-order valence-corrected chi connectivity index (χ1v) is 11.8. The monoisotopic (exact) mass is 429 g/mol. The summed E-state index contributed by atoms with van der Waals surface area (Å²) in [7, 11) is -3.76. The molecule has 2 aliphatic rings. The largest absolute Gasteiger partial charge is 0.355 e. The van der Waals surface area contributed by atoms with Crippen LogP contribution in [0.25, 0.3) is 12.2 Å². The molecule has 1 N–H and O–H groups in total. The summed E-state index contributed by atoms with van der Waals surface area (Å²) in [5, 5.41) is 6.91. The van der Waals surface area contributed by atoms with E-state index < -0.39 is 10.0 Å². The first kappa shape index (κ1) is 20.8. The number of aromatic nitrogens is 1. The average molecular weight is 430 g/mol. The number of sulfonamides is 1. The Bertz CT molecular complexity index is 1040. The van der Waals surface area contributed by atoms with E-state index in [4.69, 9.17) is 4.52 Å². The molecule has 1 aliphatic carbocycles. The van der Waals surface area contributed by atoms with E-state index in [0.29, 0.717) is 37.7 Å². The van der Waals surface area contributed by atoms with Gasteiger partial charge in [0.25, 0.3) is 0 Å². The number of nitrogens with one attached hydrogen (secondary N) is 1. The lowest BCUT2D eigenvalue weighted by molar-refractivity contribution is -0.126. The number of aryl methyl sites for hydroxylation is 2. The molecular weight excluding hydrogens is 402 g/mol. The minimum Gasteiger partial charge on any atom is -0.355 e. The average Bonchev–Trinajstić information content (AvgIpc) is 3.46. The zero-order valence-electron chi connectivity index (χ0n) is 17.3. The van der Waals surface area contributed by atoms with Crippen molar-refractivity contribution in [3.63, 3.8) is 0 Å². The maximum Gasteiger partial charge on any atom is 0.248 e. The van der Waals surface area contributed by atoms with Crippen LogP contribution in [0.15, 0.2) is 33.7 Å². The molecule has 2 aromatic rings. The third kappa shape index (κ3) is 4.49. The van der Waals surface area contributed by atoms with Gasteiger partial charge in [-0.05, 0) is 51.2 Å². The van der Waals surface area contributed by atoms with E-state index in [9.17, 15) is 13.2 Å². The fourth-order valence-electron chi connectivity index (χ4n) is 3.68. The topological polar surface area (TPSA) is 92.5 Å². The van der Waals surface area contributed by atoms with Crippen molar-refractivity contribution < 1.29 is 17.7 Å². The number of benzene rings is 1. The highest BCUT2D eigenvalue weighted by Crippen LogP contribution is 2.30. The molecule has 1 aromatic heterocycles. The molecule has 1 aromatic carbocycles. The maximum absolute atomic E-state index is 13.3. The number of nitrogens with zero attached hydrogens (tertiary/aromatic N) is 2. The summed E-state index contributed by atoms with van der Waals surface area (Å²) in [6, 6.07) is 8.22. The van der Waals surface area contributed by atoms with Crippen LogP contribution in [-0.4, -0.2) is 42.9 Å². The number of carbonyl (C=O) groups is 1. The third-order valence-corrected chi connectivity index (χ3v) is 7.74. The van der Waals surface area contributed by atoms with Crippen LogP contribution in [0.4, 0.5) is 0 Å². The van der Waals surface area contributed by atoms with Gasteiger partial charge in [-0.1, -0.05) is 41.1 Å². The molecule has 8 heteroatoms. The normalized spacial score (nSPS) is 18.7. The summed E-state index contributed by atoms with van der Waals surface area (Å²) in [5.41, 5.74) is 2.44. The molecule has 0 spiro atoms. The summed E-state index contributed by atoms with van der Waals surface area (Å²) in [4.78, 5) is 12.4. The fourth-order valence-corrected chi connectivity index (χ4v) is 5.40. The van der Waals surface area contributed by atoms with Crippen molar-refractivity contribution in [3.8, 4) is 0 Å². The third-order valence-electron chi connectivity index (χ3n) is 5.68. The lowest BCUT2D eigenvalue weighted by atomic mass is 9.97. The first-order chi connectivity index (χ1) is 14.3. The van der Waals surface area contributed by atoms with Crippen LogP contribution < -0.4 is 5.32 Å². The lowest BCUT2D eigenvalue weighted by Gasteiger charge is -2.30. The number of amides is 1. The molecular formula is C22H27N3O4S. The molecule has 1 amide bonds. The zero-order chi connectivity index (χ0) is 21.3. The number of piperidine rings is 1. The van der Waals surface area contributed by atoms with Crippen LogP contribution in [-0.2, 0) is 14.8 Å². The SMILES string of the molecule is Cc1ccc(C=Cc2onc(C)c2S(=O)(=O)N2CCC(C(=O)NC3CC3)CC2)cc1. The Balaban J connectivity index is 1.48. The van der Waals surface area contributed by atoms with Gasteiger partial charge in [-0.15, -0.1) is 0 Å². The van der Waals surface area contributed by atoms with E-state index in [1.54, 1.807) is 13.0 Å². The molecule has 0 bridgehead atoms. The van der Waals surface area contributed by atoms with Crippen LogP contribution in [0.5, 0.6) is 0 Å². The molecule has 1 saturated carbocycles. The van der Waals surface area contributed by atoms with Gasteiger partial charge in [0, 0.05) is 25.0 Å². The molecule has 2 fully saturated rings. The second-order valence-electron chi connectivity index (χ2n) is 8.17. The minimum atomic E-state index is -3.76. The van der Waals surface area contributed by atoms with Crippen molar-refractivity contribution in [2.45, 2.75) is 50.5 Å². The molecule has 0 radical (unpaired) electrons. The molecule has 4 rings (SSSR count). The lowest BCUT2D eigenvalue weighted by Crippen LogP contribution is -2.43. The Hall–Kier alpha value is -2.45. The molecule has 2 heterocycles. The van der Waals surface area contributed by atoms with Gasteiger partial charge in [0.05, 0.1) is 0 Å². The Labute approximate surface area is 177 Å². The van der Waals surface area contributed by atoms with Crippen LogP contribution >= 0.6 is 0 Å². The van der Waals surface area contributed by atoms with Crippen molar-refractivity contribution in [2.75, 3.05) is 13.1 Å². The van der Waals surface area contributed by atoms with Crippen LogP contribution in [0.2, 0.25) is 0 Å². The van der Waals surface area contributed by atoms with Crippen LogP contribution in [0.3, 0.4) is 0 Å². The molecule has 160 valence electrons. The van der Waals surface area contributed by atoms with E-state index in [0.717, 1.165) is 24.0 Å². The summed E-state index contributed by atoms with van der Waals surface area (Å²) < 4.78 is 33.4. The van der Waals surface area contributed by atoms with Gasteiger partial charge < -0.3 is 9.84 Å². The van der Waals surface area contributed by atoms with E-state index in [-0.39, 0.29) is 22.5 Å². The second kappa shape index (κ2) is 8.35. The number of hydrogen-bond donors (Lipinski definition) is 1. The highest BCUT2D eigenvalue weighted by Gasteiger charge is 2.36. The van der Waals surface area contributed by atoms with E-state index in [1.807, 2.05) is 37.3 Å². The Morgan fingerprint density at radius 1 is 1.10 bits per heavy atom. The quantitative estimate of drug-likeness (QED) is 0.762. The van der Waals surface area contributed by atoms with Gasteiger partial charge in [-0.2, -0.15) is 4.31 Å². The van der Waals surface area contributed by atoms with Crippen LogP contribution in [0.1, 0.15) is 48.3 Å². The summed E-state index contributed by atoms with van der Waals surface area (Å²) >= 11 is 0. The second-order valence-corrected chi connectivity index (χ2v) is 10.0. The van der Waals surface area contributed by atoms with Gasteiger partial charge in [-0.3, -0.25) is 4.79 Å². The van der Waals surface area contributed by atoms with E-state index in [2.05, 4.69) is 10.5 Å².